The van der Waals surface area contributed by atoms with Gasteiger partial charge < -0.3 is 0 Å². The topological polar surface area (TPSA) is 43.6 Å². The molecular formula is C8H13ClN4. The number of hydrogen-bond acceptors (Lipinski definition) is 3. The van der Waals surface area contributed by atoms with Gasteiger partial charge in [0, 0.05) is 11.8 Å². The summed E-state index contributed by atoms with van der Waals surface area (Å²) < 4.78 is 0. The molecule has 0 spiro atoms. The lowest BCUT2D eigenvalue weighted by atomic mass is 10.0. The van der Waals surface area contributed by atoms with Crippen LogP contribution in [0, 0.1) is 5.92 Å². The van der Waals surface area contributed by atoms with Gasteiger partial charge in [-0.1, -0.05) is 6.42 Å². The maximum absolute atomic E-state index is 6.15. The lowest BCUT2D eigenvalue weighted by Crippen LogP contribution is -2.11. The number of hydrogen-bond donors (Lipinski definition) is 0. The van der Waals surface area contributed by atoms with Crippen LogP contribution in [-0.2, 0) is 13.5 Å². The molecule has 1 aromatic rings. The molecule has 1 heterocycles. The third kappa shape index (κ3) is 1.99. The Kier molecular flexibility index (Phi) is 2.49. The Labute approximate surface area is 82.3 Å². The van der Waals surface area contributed by atoms with Crippen molar-refractivity contribution in [3.8, 4) is 0 Å². The Bertz CT molecular complexity index is 285. The Balaban J connectivity index is 1.97. The Morgan fingerprint density at radius 1 is 1.54 bits per heavy atom. The molecule has 0 aliphatic heterocycles. The van der Waals surface area contributed by atoms with Crippen molar-refractivity contribution < 1.29 is 0 Å². The second kappa shape index (κ2) is 3.62. The summed E-state index contributed by atoms with van der Waals surface area (Å²) in [6.45, 7) is 0. The van der Waals surface area contributed by atoms with Gasteiger partial charge >= 0.3 is 0 Å². The number of aromatic nitrogens is 4. The lowest BCUT2D eigenvalue weighted by molar-refractivity contribution is 0.533. The van der Waals surface area contributed by atoms with E-state index in [-0.39, 0.29) is 0 Å². The molecule has 2 rings (SSSR count). The van der Waals surface area contributed by atoms with Crippen LogP contribution in [0.2, 0.25) is 0 Å². The highest BCUT2D eigenvalue weighted by atomic mass is 35.5. The van der Waals surface area contributed by atoms with E-state index in [1.807, 2.05) is 0 Å². The molecule has 72 valence electrons. The van der Waals surface area contributed by atoms with Gasteiger partial charge in [0.25, 0.3) is 0 Å². The third-order valence-corrected chi connectivity index (χ3v) is 3.14. The fourth-order valence-corrected chi connectivity index (χ4v) is 2.23. The first-order valence-electron chi connectivity index (χ1n) is 4.62. The van der Waals surface area contributed by atoms with Gasteiger partial charge in [-0.05, 0) is 24.0 Å². The van der Waals surface area contributed by atoms with Crippen LogP contribution in [-0.4, -0.2) is 25.6 Å². The number of rotatable bonds is 2. The summed E-state index contributed by atoms with van der Waals surface area (Å²) >= 11 is 6.15. The molecule has 1 aliphatic rings. The minimum atomic E-state index is 0.309. The highest BCUT2D eigenvalue weighted by Gasteiger charge is 2.26. The van der Waals surface area contributed by atoms with Gasteiger partial charge in [-0.15, -0.1) is 21.8 Å². The quantitative estimate of drug-likeness (QED) is 0.673. The summed E-state index contributed by atoms with van der Waals surface area (Å²) in [4.78, 5) is 1.49. The zero-order valence-electron chi connectivity index (χ0n) is 7.65. The van der Waals surface area contributed by atoms with Crippen molar-refractivity contribution in [1.29, 1.82) is 0 Å². The second-order valence-electron chi connectivity index (χ2n) is 3.61. The van der Waals surface area contributed by atoms with Crippen LogP contribution in [0.3, 0.4) is 0 Å². The van der Waals surface area contributed by atoms with Crippen molar-refractivity contribution in [1.82, 2.24) is 20.2 Å². The highest BCUT2D eigenvalue weighted by Crippen LogP contribution is 2.31. The van der Waals surface area contributed by atoms with E-state index >= 15 is 0 Å². The maximum atomic E-state index is 6.15. The van der Waals surface area contributed by atoms with Crippen LogP contribution in [0.1, 0.15) is 25.1 Å². The number of nitrogens with zero attached hydrogens (tertiary/aromatic N) is 4. The Morgan fingerprint density at radius 3 is 2.92 bits per heavy atom. The van der Waals surface area contributed by atoms with Crippen molar-refractivity contribution >= 4 is 11.6 Å². The summed E-state index contributed by atoms with van der Waals surface area (Å²) in [7, 11) is 1.78. The van der Waals surface area contributed by atoms with Crippen LogP contribution in [0.5, 0.6) is 0 Å². The van der Waals surface area contributed by atoms with E-state index < -0.39 is 0 Å². The fourth-order valence-electron chi connectivity index (χ4n) is 1.86. The molecule has 5 heteroatoms. The largest absolute Gasteiger partial charge is 0.175 e. The number of tetrazole rings is 1. The molecule has 0 aromatic carbocycles. The van der Waals surface area contributed by atoms with Crippen LogP contribution < -0.4 is 0 Å². The summed E-state index contributed by atoms with van der Waals surface area (Å²) in [6.07, 6.45) is 4.44. The monoisotopic (exact) mass is 200 g/mol. The zero-order chi connectivity index (χ0) is 9.26. The van der Waals surface area contributed by atoms with Gasteiger partial charge in [0.2, 0.25) is 0 Å². The first-order valence-corrected chi connectivity index (χ1v) is 5.06. The average Bonchev–Trinajstić information content (AvgIpc) is 2.64. The summed E-state index contributed by atoms with van der Waals surface area (Å²) in [5, 5.41) is 12.2. The molecular weight excluding hydrogens is 188 g/mol. The molecule has 0 amide bonds. The predicted octanol–water partition coefficient (Wildman–Crippen LogP) is 1.16. The second-order valence-corrected chi connectivity index (χ2v) is 4.17. The smallest absolute Gasteiger partial charge is 0.167 e. The molecule has 2 unspecified atom stereocenters. The third-order valence-electron chi connectivity index (χ3n) is 2.56. The van der Waals surface area contributed by atoms with Gasteiger partial charge in [0.15, 0.2) is 5.82 Å². The zero-order valence-corrected chi connectivity index (χ0v) is 8.41. The minimum Gasteiger partial charge on any atom is -0.167 e. The SMILES string of the molecule is Cn1nnc(CC2CCCC2Cl)n1. The summed E-state index contributed by atoms with van der Waals surface area (Å²) in [5.41, 5.74) is 0. The van der Waals surface area contributed by atoms with E-state index in [4.69, 9.17) is 11.6 Å². The minimum absolute atomic E-state index is 0.309. The van der Waals surface area contributed by atoms with E-state index in [0.29, 0.717) is 11.3 Å². The normalized spacial score (nSPS) is 28.2. The van der Waals surface area contributed by atoms with Crippen molar-refractivity contribution in [3.05, 3.63) is 5.82 Å². The Hall–Kier alpha value is -0.640. The molecule has 1 fully saturated rings. The van der Waals surface area contributed by atoms with Crippen molar-refractivity contribution in [2.24, 2.45) is 13.0 Å². The van der Waals surface area contributed by atoms with Gasteiger partial charge in [0.05, 0.1) is 7.05 Å². The lowest BCUT2D eigenvalue weighted by Gasteiger charge is -2.09. The van der Waals surface area contributed by atoms with Crippen LogP contribution in [0.15, 0.2) is 0 Å². The fraction of sp³-hybridized carbons (Fsp3) is 0.875. The highest BCUT2D eigenvalue weighted by molar-refractivity contribution is 6.20. The van der Waals surface area contributed by atoms with Gasteiger partial charge in [0.1, 0.15) is 0 Å². The van der Waals surface area contributed by atoms with Crippen molar-refractivity contribution in [2.45, 2.75) is 31.1 Å². The van der Waals surface area contributed by atoms with Gasteiger partial charge in [-0.25, -0.2) is 0 Å². The van der Waals surface area contributed by atoms with Crippen LogP contribution in [0.4, 0.5) is 0 Å². The average molecular weight is 201 g/mol. The summed E-state index contributed by atoms with van der Waals surface area (Å²) in [6, 6.07) is 0. The molecule has 2 atom stereocenters. The molecule has 0 N–H and O–H groups in total. The molecule has 0 saturated heterocycles. The predicted molar refractivity (Wildman–Crippen MR) is 49.5 cm³/mol. The molecule has 13 heavy (non-hydrogen) atoms. The standard InChI is InChI=1S/C8H13ClN4/c1-13-11-8(10-12-13)5-6-3-2-4-7(6)9/h6-7H,2-5H2,1H3. The van der Waals surface area contributed by atoms with Crippen LogP contribution >= 0.6 is 11.6 Å². The van der Waals surface area contributed by atoms with E-state index in [1.165, 1.54) is 17.6 Å². The molecule has 0 radical (unpaired) electrons. The molecule has 1 aromatic heterocycles. The van der Waals surface area contributed by atoms with E-state index in [1.54, 1.807) is 7.05 Å². The maximum Gasteiger partial charge on any atom is 0.175 e. The van der Waals surface area contributed by atoms with Crippen molar-refractivity contribution in [2.75, 3.05) is 0 Å². The number of alkyl halides is 1. The number of aryl methyl sites for hydroxylation is 1. The van der Waals surface area contributed by atoms with E-state index in [9.17, 15) is 0 Å². The first-order chi connectivity index (χ1) is 6.25. The molecule has 0 bridgehead atoms. The van der Waals surface area contributed by atoms with Crippen LogP contribution in [0.25, 0.3) is 0 Å². The molecule has 4 nitrogen and oxygen atoms in total. The molecule has 1 aliphatic carbocycles. The molecule has 1 saturated carbocycles. The van der Waals surface area contributed by atoms with Crippen molar-refractivity contribution in [3.63, 3.8) is 0 Å². The van der Waals surface area contributed by atoms with E-state index in [0.717, 1.165) is 18.7 Å². The summed E-state index contributed by atoms with van der Waals surface area (Å²) in [5.74, 6) is 1.37. The first kappa shape index (κ1) is 8.94. The van der Waals surface area contributed by atoms with Gasteiger partial charge in [-0.2, -0.15) is 4.80 Å². The Morgan fingerprint density at radius 2 is 2.38 bits per heavy atom. The van der Waals surface area contributed by atoms with E-state index in [2.05, 4.69) is 15.4 Å². The number of halogens is 1. The van der Waals surface area contributed by atoms with Gasteiger partial charge in [-0.3, -0.25) is 0 Å².